The van der Waals surface area contributed by atoms with Gasteiger partial charge in [-0.15, -0.1) is 5.10 Å². The number of aromatic nitrogens is 3. The van der Waals surface area contributed by atoms with Gasteiger partial charge in [-0.25, -0.2) is 4.98 Å². The highest BCUT2D eigenvalue weighted by molar-refractivity contribution is 7.20. The number of nitrogens with one attached hydrogen (secondary N) is 2. The van der Waals surface area contributed by atoms with Gasteiger partial charge in [-0.3, -0.25) is 9.69 Å². The molecule has 0 saturated carbocycles. The summed E-state index contributed by atoms with van der Waals surface area (Å²) < 4.78 is 1.96. The number of carbonyl (C=O) groups is 1. The van der Waals surface area contributed by atoms with Crippen LogP contribution in [0.4, 0.5) is 10.9 Å². The first-order chi connectivity index (χ1) is 16.8. The molecular formula is C26H39N7OS. The number of unbranched alkanes of at least 4 members (excludes halogenated alkanes) is 1. The molecule has 35 heavy (non-hydrogen) atoms. The number of imidazole rings is 1. The third-order valence-electron chi connectivity index (χ3n) is 6.18. The van der Waals surface area contributed by atoms with Crippen LogP contribution in [0.2, 0.25) is 0 Å². The number of anilines is 2. The first-order valence-corrected chi connectivity index (χ1v) is 13.6. The fourth-order valence-electron chi connectivity index (χ4n) is 4.19. The molecule has 4 rings (SSSR count). The molecule has 190 valence electrons. The van der Waals surface area contributed by atoms with E-state index in [1.807, 2.05) is 4.52 Å². The average molecular weight is 498 g/mol. The Bertz CT molecular complexity index is 1120. The van der Waals surface area contributed by atoms with E-state index in [0.29, 0.717) is 6.54 Å². The number of hydrogen-bond donors (Lipinski definition) is 2. The molecule has 1 amide bonds. The van der Waals surface area contributed by atoms with Crippen molar-refractivity contribution in [3.63, 3.8) is 0 Å². The van der Waals surface area contributed by atoms with E-state index in [2.05, 4.69) is 79.3 Å². The Kier molecular flexibility index (Phi) is 7.96. The molecule has 2 aromatic heterocycles. The topological polar surface area (TPSA) is 77.8 Å². The monoisotopic (exact) mass is 497 g/mol. The number of piperazine rings is 1. The average Bonchev–Trinajstić information content (AvgIpc) is 3.38. The third-order valence-corrected chi connectivity index (χ3v) is 7.15. The Labute approximate surface area is 212 Å². The van der Waals surface area contributed by atoms with E-state index in [1.165, 1.54) is 5.56 Å². The summed E-state index contributed by atoms with van der Waals surface area (Å²) in [5.74, 6) is 1.05. The van der Waals surface area contributed by atoms with Crippen molar-refractivity contribution in [1.29, 1.82) is 0 Å². The SMILES string of the molecule is CCCCNC(=O)CN1CCN(c2nn3c(NC(C)(C)C)c(-c4ccc(CC)cc4)nc3s2)CC1. The van der Waals surface area contributed by atoms with Crippen LogP contribution in [-0.2, 0) is 11.2 Å². The van der Waals surface area contributed by atoms with E-state index < -0.39 is 0 Å². The van der Waals surface area contributed by atoms with Crippen LogP contribution < -0.4 is 15.5 Å². The number of fused-ring (bicyclic) bond motifs is 1. The van der Waals surface area contributed by atoms with Crippen molar-refractivity contribution in [1.82, 2.24) is 24.8 Å². The van der Waals surface area contributed by atoms with Gasteiger partial charge in [-0.1, -0.05) is 55.9 Å². The minimum Gasteiger partial charge on any atom is -0.364 e. The number of nitrogens with zero attached hydrogens (tertiary/aromatic N) is 5. The second-order valence-corrected chi connectivity index (χ2v) is 11.2. The van der Waals surface area contributed by atoms with E-state index in [-0.39, 0.29) is 11.4 Å². The van der Waals surface area contributed by atoms with Gasteiger partial charge in [-0.2, -0.15) is 4.52 Å². The summed E-state index contributed by atoms with van der Waals surface area (Å²) in [6, 6.07) is 8.65. The molecule has 3 heterocycles. The largest absolute Gasteiger partial charge is 0.364 e. The molecule has 0 radical (unpaired) electrons. The van der Waals surface area contributed by atoms with Crippen LogP contribution in [0.1, 0.15) is 53.0 Å². The summed E-state index contributed by atoms with van der Waals surface area (Å²) in [4.78, 5) is 22.6. The maximum Gasteiger partial charge on any atom is 0.234 e. The van der Waals surface area contributed by atoms with E-state index in [4.69, 9.17) is 10.1 Å². The lowest BCUT2D eigenvalue weighted by Crippen LogP contribution is -2.49. The Morgan fingerprint density at radius 1 is 1.09 bits per heavy atom. The van der Waals surface area contributed by atoms with E-state index in [1.54, 1.807) is 11.3 Å². The number of aryl methyl sites for hydroxylation is 1. The molecule has 0 unspecified atom stereocenters. The summed E-state index contributed by atoms with van der Waals surface area (Å²) >= 11 is 1.62. The molecule has 0 bridgehead atoms. The van der Waals surface area contributed by atoms with Crippen molar-refractivity contribution in [2.45, 2.75) is 59.4 Å². The van der Waals surface area contributed by atoms with Crippen LogP contribution in [0.5, 0.6) is 0 Å². The molecule has 0 aliphatic carbocycles. The fraction of sp³-hybridized carbons (Fsp3) is 0.577. The quantitative estimate of drug-likeness (QED) is 0.430. The molecule has 9 heteroatoms. The highest BCUT2D eigenvalue weighted by Gasteiger charge is 2.25. The number of carbonyl (C=O) groups excluding carboxylic acids is 1. The molecule has 2 N–H and O–H groups in total. The van der Waals surface area contributed by atoms with Gasteiger partial charge in [0.05, 0.1) is 6.54 Å². The molecule has 1 fully saturated rings. The zero-order valence-electron chi connectivity index (χ0n) is 21.7. The molecule has 1 aliphatic heterocycles. The highest BCUT2D eigenvalue weighted by Crippen LogP contribution is 2.35. The summed E-state index contributed by atoms with van der Waals surface area (Å²) in [6.45, 7) is 15.4. The number of amides is 1. The molecule has 0 spiro atoms. The molecule has 1 aliphatic rings. The standard InChI is InChI=1S/C26H39N7OS/c1-6-8-13-27-21(34)18-31-14-16-32(17-15-31)25-30-33-23(29-26(3,4)5)22(28-24(33)35-25)20-11-9-19(7-2)10-12-20/h9-12,29H,6-8,13-18H2,1-5H3,(H,27,34). The highest BCUT2D eigenvalue weighted by atomic mass is 32.1. The molecule has 3 aromatic rings. The van der Waals surface area contributed by atoms with Crippen molar-refractivity contribution in [2.75, 3.05) is 49.5 Å². The van der Waals surface area contributed by atoms with Gasteiger partial charge in [0, 0.05) is 43.8 Å². The van der Waals surface area contributed by atoms with Crippen LogP contribution in [0, 0.1) is 0 Å². The third kappa shape index (κ3) is 6.32. The molecule has 1 aromatic carbocycles. The van der Waals surface area contributed by atoms with E-state index in [9.17, 15) is 4.79 Å². The van der Waals surface area contributed by atoms with Crippen molar-refractivity contribution in [3.05, 3.63) is 29.8 Å². The minimum atomic E-state index is -0.124. The van der Waals surface area contributed by atoms with Crippen LogP contribution in [-0.4, -0.2) is 70.2 Å². The number of hydrogen-bond acceptors (Lipinski definition) is 7. The van der Waals surface area contributed by atoms with Gasteiger partial charge < -0.3 is 15.5 Å². The van der Waals surface area contributed by atoms with Gasteiger partial charge >= 0.3 is 0 Å². The zero-order valence-corrected chi connectivity index (χ0v) is 22.5. The molecule has 8 nitrogen and oxygen atoms in total. The van der Waals surface area contributed by atoms with E-state index >= 15 is 0 Å². The minimum absolute atomic E-state index is 0.122. The Morgan fingerprint density at radius 3 is 2.43 bits per heavy atom. The number of benzene rings is 1. The lowest BCUT2D eigenvalue weighted by atomic mass is 10.1. The predicted octanol–water partition coefficient (Wildman–Crippen LogP) is 4.27. The van der Waals surface area contributed by atoms with Crippen LogP contribution in [0.3, 0.4) is 0 Å². The first kappa shape index (κ1) is 25.4. The van der Waals surface area contributed by atoms with Crippen LogP contribution in [0.15, 0.2) is 24.3 Å². The normalized spacial score (nSPS) is 15.1. The van der Waals surface area contributed by atoms with Gasteiger partial charge in [0.1, 0.15) is 5.69 Å². The van der Waals surface area contributed by atoms with Crippen molar-refractivity contribution >= 4 is 33.2 Å². The second kappa shape index (κ2) is 11.0. The first-order valence-electron chi connectivity index (χ1n) is 12.8. The molecular weight excluding hydrogens is 458 g/mol. The van der Waals surface area contributed by atoms with Crippen molar-refractivity contribution < 1.29 is 4.79 Å². The van der Waals surface area contributed by atoms with E-state index in [0.717, 1.165) is 79.2 Å². The Morgan fingerprint density at radius 2 is 1.80 bits per heavy atom. The fourth-order valence-corrected chi connectivity index (χ4v) is 5.15. The Balaban J connectivity index is 1.49. The van der Waals surface area contributed by atoms with Crippen LogP contribution >= 0.6 is 11.3 Å². The van der Waals surface area contributed by atoms with Crippen LogP contribution in [0.25, 0.3) is 16.2 Å². The van der Waals surface area contributed by atoms with Crippen molar-refractivity contribution in [2.24, 2.45) is 0 Å². The molecule has 0 atom stereocenters. The Hall–Kier alpha value is -2.65. The lowest BCUT2D eigenvalue weighted by Gasteiger charge is -2.33. The summed E-state index contributed by atoms with van der Waals surface area (Å²) in [6.07, 6.45) is 3.15. The zero-order chi connectivity index (χ0) is 25.0. The van der Waals surface area contributed by atoms with Gasteiger partial charge in [0.25, 0.3) is 0 Å². The number of rotatable bonds is 9. The van der Waals surface area contributed by atoms with Gasteiger partial charge in [0.2, 0.25) is 16.0 Å². The maximum atomic E-state index is 12.2. The summed E-state index contributed by atoms with van der Waals surface area (Å²) in [5.41, 5.74) is 3.23. The van der Waals surface area contributed by atoms with Gasteiger partial charge in [-0.05, 0) is 39.2 Å². The maximum absolute atomic E-state index is 12.2. The summed E-state index contributed by atoms with van der Waals surface area (Å²) in [7, 11) is 0. The lowest BCUT2D eigenvalue weighted by molar-refractivity contribution is -0.122. The van der Waals surface area contributed by atoms with Crippen molar-refractivity contribution in [3.8, 4) is 11.3 Å². The second-order valence-electron chi connectivity index (χ2n) is 10.3. The smallest absolute Gasteiger partial charge is 0.234 e. The summed E-state index contributed by atoms with van der Waals surface area (Å²) in [5, 5.41) is 12.6. The predicted molar refractivity (Wildman–Crippen MR) is 146 cm³/mol. The molecule has 1 saturated heterocycles. The van der Waals surface area contributed by atoms with Gasteiger partial charge in [0.15, 0.2) is 5.82 Å².